The molecule has 0 saturated heterocycles. The number of rotatable bonds is 8. The van der Waals surface area contributed by atoms with Gasteiger partial charge in [-0.05, 0) is 59.7 Å². The van der Waals surface area contributed by atoms with Crippen molar-refractivity contribution in [3.63, 3.8) is 0 Å². The summed E-state index contributed by atoms with van der Waals surface area (Å²) >= 11 is 12.2. The fourth-order valence-electron chi connectivity index (χ4n) is 3.53. The maximum atomic E-state index is 13.0. The van der Waals surface area contributed by atoms with Gasteiger partial charge in [0.15, 0.2) is 0 Å². The Hall–Kier alpha value is -3.93. The Bertz CT molecular complexity index is 1600. The highest BCUT2D eigenvalue weighted by atomic mass is 35.5. The molecule has 0 spiro atoms. The van der Waals surface area contributed by atoms with E-state index < -0.39 is 21.0 Å². The molecular weight excluding hydrogens is 556 g/mol. The van der Waals surface area contributed by atoms with E-state index in [2.05, 4.69) is 15.3 Å². The second kappa shape index (κ2) is 11.2. The van der Waals surface area contributed by atoms with Crippen molar-refractivity contribution in [1.82, 2.24) is 15.3 Å². The smallest absolute Gasteiger partial charge is 0.332 e. The summed E-state index contributed by atoms with van der Waals surface area (Å²) in [7, 11) is -4.82. The zero-order valence-corrected chi connectivity index (χ0v) is 21.8. The standard InChI is InChI=1S/C25H20Cl2FN5O4S/c26-19-10-5-16(11-20(19)27)22-21(32-25(30)33-23(22)29)13-37-17-6-1-14(2-7-17)12-31-24(34)15-3-8-18(9-4-15)38(28,35)36/h1-11H,12-13H2,(H,31,34)(H4,29,30,32,33). The number of anilines is 2. The van der Waals surface area contributed by atoms with Gasteiger partial charge in [-0.2, -0.15) is 13.4 Å². The van der Waals surface area contributed by atoms with E-state index in [9.17, 15) is 17.1 Å². The van der Waals surface area contributed by atoms with Gasteiger partial charge in [-0.1, -0.05) is 41.4 Å². The van der Waals surface area contributed by atoms with Crippen molar-refractivity contribution >= 4 is 51.1 Å². The number of halogens is 3. The topological polar surface area (TPSA) is 150 Å². The van der Waals surface area contributed by atoms with E-state index in [0.717, 1.165) is 17.7 Å². The number of benzene rings is 3. The number of nitrogens with one attached hydrogen (secondary N) is 1. The molecule has 196 valence electrons. The number of amides is 1. The monoisotopic (exact) mass is 575 g/mol. The maximum Gasteiger partial charge on any atom is 0.332 e. The molecule has 0 aliphatic carbocycles. The minimum absolute atomic E-state index is 0.00282. The molecule has 38 heavy (non-hydrogen) atoms. The maximum absolute atomic E-state index is 13.0. The number of carbonyl (C=O) groups excluding carboxylic acids is 1. The average Bonchev–Trinajstić information content (AvgIpc) is 2.87. The number of carbonyl (C=O) groups is 1. The van der Waals surface area contributed by atoms with Crippen molar-refractivity contribution in [1.29, 1.82) is 0 Å². The zero-order chi connectivity index (χ0) is 27.4. The normalized spacial score (nSPS) is 11.2. The molecule has 5 N–H and O–H groups in total. The first-order valence-electron chi connectivity index (χ1n) is 10.9. The third-order valence-corrected chi connectivity index (χ3v) is 6.96. The number of hydrogen-bond donors (Lipinski definition) is 3. The number of nitrogen functional groups attached to an aromatic ring is 2. The van der Waals surface area contributed by atoms with Gasteiger partial charge in [-0.3, -0.25) is 4.79 Å². The van der Waals surface area contributed by atoms with Crippen LogP contribution >= 0.6 is 23.2 Å². The van der Waals surface area contributed by atoms with Crippen molar-refractivity contribution in [3.05, 3.63) is 93.6 Å². The number of nitrogens with two attached hydrogens (primary N) is 2. The van der Waals surface area contributed by atoms with Crippen LogP contribution in [0.1, 0.15) is 21.6 Å². The van der Waals surface area contributed by atoms with E-state index in [1.54, 1.807) is 42.5 Å². The summed E-state index contributed by atoms with van der Waals surface area (Å²) in [5, 5.41) is 3.45. The van der Waals surface area contributed by atoms with Gasteiger partial charge in [0.1, 0.15) is 18.2 Å². The first kappa shape index (κ1) is 27.1. The first-order chi connectivity index (χ1) is 18.0. The molecule has 4 aromatic rings. The average molecular weight is 576 g/mol. The van der Waals surface area contributed by atoms with Gasteiger partial charge in [0.25, 0.3) is 5.91 Å². The van der Waals surface area contributed by atoms with E-state index in [-0.39, 0.29) is 30.5 Å². The molecule has 0 unspecified atom stereocenters. The Labute approximate surface area is 227 Å². The summed E-state index contributed by atoms with van der Waals surface area (Å²) in [4.78, 5) is 20.1. The molecule has 0 radical (unpaired) electrons. The molecule has 0 atom stereocenters. The van der Waals surface area contributed by atoms with Gasteiger partial charge in [-0.25, -0.2) is 4.98 Å². The summed E-state index contributed by atoms with van der Waals surface area (Å²) in [6.07, 6.45) is 0. The largest absolute Gasteiger partial charge is 0.487 e. The molecule has 0 fully saturated rings. The summed E-state index contributed by atoms with van der Waals surface area (Å²) in [5.74, 6) is 0.249. The lowest BCUT2D eigenvalue weighted by atomic mass is 10.0. The summed E-state index contributed by atoms with van der Waals surface area (Å²) in [6, 6.07) is 16.5. The van der Waals surface area contributed by atoms with Crippen molar-refractivity contribution < 1.29 is 21.8 Å². The van der Waals surface area contributed by atoms with Crippen LogP contribution in [-0.4, -0.2) is 24.3 Å². The Morgan fingerprint density at radius 2 is 1.63 bits per heavy atom. The molecular formula is C25H20Cl2FN5O4S. The van der Waals surface area contributed by atoms with E-state index in [1.165, 1.54) is 12.1 Å². The molecule has 0 bridgehead atoms. The third kappa shape index (κ3) is 6.49. The molecule has 4 rings (SSSR count). The third-order valence-electron chi connectivity index (χ3n) is 5.39. The Morgan fingerprint density at radius 1 is 0.947 bits per heavy atom. The lowest BCUT2D eigenvalue weighted by Gasteiger charge is -2.14. The Balaban J connectivity index is 1.40. The van der Waals surface area contributed by atoms with Crippen molar-refractivity contribution in [2.24, 2.45) is 0 Å². The predicted octanol–water partition coefficient (Wildman–Crippen LogP) is 4.78. The number of ether oxygens (including phenoxy) is 1. The Kier molecular flexibility index (Phi) is 8.00. The molecule has 1 heterocycles. The minimum atomic E-state index is -4.82. The molecule has 1 amide bonds. The molecule has 9 nitrogen and oxygen atoms in total. The van der Waals surface area contributed by atoms with Crippen LogP contribution in [-0.2, 0) is 23.4 Å². The van der Waals surface area contributed by atoms with Crippen molar-refractivity contribution in [2.75, 3.05) is 11.5 Å². The second-order valence-corrected chi connectivity index (χ2v) is 10.2. The first-order valence-corrected chi connectivity index (χ1v) is 13.1. The van der Waals surface area contributed by atoms with Gasteiger partial charge < -0.3 is 21.5 Å². The highest BCUT2D eigenvalue weighted by Crippen LogP contribution is 2.33. The fraction of sp³-hybridized carbons (Fsp3) is 0.0800. The summed E-state index contributed by atoms with van der Waals surface area (Å²) < 4.78 is 40.7. The second-order valence-electron chi connectivity index (χ2n) is 8.00. The van der Waals surface area contributed by atoms with E-state index in [0.29, 0.717) is 32.6 Å². The highest BCUT2D eigenvalue weighted by Gasteiger charge is 2.16. The molecule has 3 aromatic carbocycles. The molecule has 0 aliphatic rings. The summed E-state index contributed by atoms with van der Waals surface area (Å²) in [5.41, 5.74) is 14.5. The zero-order valence-electron chi connectivity index (χ0n) is 19.5. The number of nitrogens with zero attached hydrogens (tertiary/aromatic N) is 2. The van der Waals surface area contributed by atoms with Crippen LogP contribution in [0, 0.1) is 0 Å². The van der Waals surface area contributed by atoms with Gasteiger partial charge in [0.2, 0.25) is 5.95 Å². The van der Waals surface area contributed by atoms with Crippen LogP contribution in [0.25, 0.3) is 11.1 Å². The van der Waals surface area contributed by atoms with Crippen molar-refractivity contribution in [3.8, 4) is 16.9 Å². The molecule has 0 saturated carbocycles. The SMILES string of the molecule is Nc1nc(N)c(-c2ccc(Cl)c(Cl)c2)c(COc2ccc(CNC(=O)c3ccc(S(=O)(=O)F)cc3)cc2)n1. The van der Waals surface area contributed by atoms with Crippen molar-refractivity contribution in [2.45, 2.75) is 18.0 Å². The van der Waals surface area contributed by atoms with E-state index in [4.69, 9.17) is 39.4 Å². The van der Waals surface area contributed by atoms with E-state index in [1.807, 2.05) is 0 Å². The van der Waals surface area contributed by atoms with E-state index >= 15 is 0 Å². The van der Waals surface area contributed by atoms with Gasteiger partial charge in [0.05, 0.1) is 20.6 Å². The Morgan fingerprint density at radius 3 is 2.26 bits per heavy atom. The quantitative estimate of drug-likeness (QED) is 0.254. The van der Waals surface area contributed by atoms with Crippen LogP contribution in [0.3, 0.4) is 0 Å². The lowest BCUT2D eigenvalue weighted by molar-refractivity contribution is 0.0950. The lowest BCUT2D eigenvalue weighted by Crippen LogP contribution is -2.22. The molecule has 13 heteroatoms. The van der Waals surface area contributed by atoms with Crippen LogP contribution in [0.2, 0.25) is 10.0 Å². The molecule has 0 aliphatic heterocycles. The fourth-order valence-corrected chi connectivity index (χ4v) is 4.28. The number of hydrogen-bond acceptors (Lipinski definition) is 8. The van der Waals surface area contributed by atoms with Crippen LogP contribution in [0.15, 0.2) is 71.6 Å². The van der Waals surface area contributed by atoms with Gasteiger partial charge in [-0.15, -0.1) is 3.89 Å². The predicted molar refractivity (Wildman–Crippen MR) is 143 cm³/mol. The number of aromatic nitrogens is 2. The minimum Gasteiger partial charge on any atom is -0.487 e. The molecule has 1 aromatic heterocycles. The van der Waals surface area contributed by atoms with Crippen LogP contribution < -0.4 is 21.5 Å². The summed E-state index contributed by atoms with van der Waals surface area (Å²) in [6.45, 7) is 0.232. The highest BCUT2D eigenvalue weighted by molar-refractivity contribution is 7.86. The van der Waals surface area contributed by atoms with Crippen LogP contribution in [0.5, 0.6) is 5.75 Å². The van der Waals surface area contributed by atoms with Gasteiger partial charge >= 0.3 is 10.2 Å². The van der Waals surface area contributed by atoms with Crippen LogP contribution in [0.4, 0.5) is 15.7 Å². The van der Waals surface area contributed by atoms with Gasteiger partial charge in [0, 0.05) is 17.7 Å².